The van der Waals surface area contributed by atoms with E-state index in [1.807, 2.05) is 4.57 Å². The number of fused-ring (bicyclic) bond motifs is 3. The first-order valence-corrected chi connectivity index (χ1v) is 12.0. The Balaban J connectivity index is 0.00000153. The number of aryl methyl sites for hydroxylation is 2. The van der Waals surface area contributed by atoms with Gasteiger partial charge in [-0.15, -0.1) is 36.2 Å². The quantitative estimate of drug-likeness (QED) is 0.536. The van der Waals surface area contributed by atoms with Gasteiger partial charge in [0.25, 0.3) is 5.56 Å². The largest absolute Gasteiger partial charge is 0.369 e. The summed E-state index contributed by atoms with van der Waals surface area (Å²) >= 11 is 1.69. The van der Waals surface area contributed by atoms with Crippen molar-refractivity contribution in [2.24, 2.45) is 0 Å². The van der Waals surface area contributed by atoms with Gasteiger partial charge in [0.1, 0.15) is 4.83 Å². The van der Waals surface area contributed by atoms with Crippen molar-refractivity contribution in [3.63, 3.8) is 0 Å². The molecule has 1 aromatic carbocycles. The van der Waals surface area contributed by atoms with Crippen LogP contribution in [0.3, 0.4) is 0 Å². The second-order valence-corrected chi connectivity index (χ2v) is 10.1. The minimum absolute atomic E-state index is 0. The number of hydrogen-bond donors (Lipinski definition) is 0. The first-order chi connectivity index (χ1) is 15.0. The highest BCUT2D eigenvalue weighted by Gasteiger charge is 2.23. The molecule has 6 nitrogen and oxygen atoms in total. The molecule has 0 radical (unpaired) electrons. The summed E-state index contributed by atoms with van der Waals surface area (Å²) in [5.74, 6) is 0. The van der Waals surface area contributed by atoms with Crippen molar-refractivity contribution in [3.8, 4) is 0 Å². The number of thiophene rings is 1. The van der Waals surface area contributed by atoms with Crippen LogP contribution < -0.4 is 10.5 Å². The molecule has 0 aliphatic carbocycles. The Hall–Kier alpha value is -1.64. The number of halogens is 2. The van der Waals surface area contributed by atoms with Crippen molar-refractivity contribution in [1.29, 1.82) is 0 Å². The molecule has 0 spiro atoms. The number of nitrogens with zero attached hydrogens (tertiary/aromatic N) is 5. The van der Waals surface area contributed by atoms with Crippen LogP contribution in [0.1, 0.15) is 21.6 Å². The molecule has 0 bridgehead atoms. The summed E-state index contributed by atoms with van der Waals surface area (Å²) in [6.07, 6.45) is 2.70. The zero-order chi connectivity index (χ0) is 21.5. The Morgan fingerprint density at radius 3 is 2.48 bits per heavy atom. The van der Waals surface area contributed by atoms with Gasteiger partial charge < -0.3 is 9.80 Å². The second kappa shape index (κ2) is 10.7. The fourth-order valence-corrected chi connectivity index (χ4v) is 5.96. The normalized spacial score (nSPS) is 16.9. The average molecular weight is 511 g/mol. The van der Waals surface area contributed by atoms with Crippen molar-refractivity contribution in [1.82, 2.24) is 19.4 Å². The highest BCUT2D eigenvalue weighted by atomic mass is 35.5. The lowest BCUT2D eigenvalue weighted by atomic mass is 10.1. The predicted molar refractivity (Wildman–Crippen MR) is 143 cm³/mol. The summed E-state index contributed by atoms with van der Waals surface area (Å²) in [5, 5.41) is 0.871. The van der Waals surface area contributed by atoms with Gasteiger partial charge in [0, 0.05) is 62.9 Å². The molecule has 0 saturated carbocycles. The summed E-state index contributed by atoms with van der Waals surface area (Å²) in [6, 6.07) is 6.75. The summed E-state index contributed by atoms with van der Waals surface area (Å²) < 4.78 is 1.82. The van der Waals surface area contributed by atoms with Crippen molar-refractivity contribution < 1.29 is 0 Å². The molecule has 2 aromatic heterocycles. The molecule has 1 saturated heterocycles. The fraction of sp³-hybridized carbons (Fsp3) is 0.500. The minimum atomic E-state index is 0. The topological polar surface area (TPSA) is 44.6 Å². The van der Waals surface area contributed by atoms with Crippen LogP contribution in [0, 0.1) is 13.8 Å². The molecule has 0 atom stereocenters. The SMILES string of the molecule is Cc1ccc(N2CCN(CCn3cnc4sc5c(c4c3=O)CCN(C)C5)CC2)cc1C.Cl.Cl. The first kappa shape index (κ1) is 26.0. The van der Waals surface area contributed by atoms with Crippen molar-refractivity contribution in [3.05, 3.63) is 56.4 Å². The van der Waals surface area contributed by atoms with Crippen LogP contribution in [-0.2, 0) is 19.5 Å². The van der Waals surface area contributed by atoms with E-state index < -0.39 is 0 Å². The fourth-order valence-electron chi connectivity index (χ4n) is 4.71. The van der Waals surface area contributed by atoms with E-state index >= 15 is 0 Å². The van der Waals surface area contributed by atoms with Crippen LogP contribution in [0.4, 0.5) is 5.69 Å². The maximum Gasteiger partial charge on any atom is 0.262 e. The van der Waals surface area contributed by atoms with Gasteiger partial charge in [-0.05, 0) is 56.1 Å². The van der Waals surface area contributed by atoms with E-state index in [-0.39, 0.29) is 30.4 Å². The van der Waals surface area contributed by atoms with Crippen molar-refractivity contribution in [2.75, 3.05) is 51.2 Å². The van der Waals surface area contributed by atoms with E-state index in [1.54, 1.807) is 17.7 Å². The number of piperazine rings is 1. The average Bonchev–Trinajstić information content (AvgIpc) is 3.14. The van der Waals surface area contributed by atoms with Crippen molar-refractivity contribution >= 4 is 52.1 Å². The Morgan fingerprint density at radius 2 is 1.76 bits per heavy atom. The molecule has 2 aliphatic heterocycles. The number of likely N-dealkylation sites (N-methyl/N-ethyl adjacent to an activating group) is 1. The maximum absolute atomic E-state index is 13.2. The van der Waals surface area contributed by atoms with E-state index in [4.69, 9.17) is 0 Å². The predicted octanol–water partition coefficient (Wildman–Crippen LogP) is 3.73. The Kier molecular flexibility index (Phi) is 8.45. The molecule has 2 aliphatic rings. The summed E-state index contributed by atoms with van der Waals surface area (Å²) in [7, 11) is 2.14. The van der Waals surface area contributed by atoms with Gasteiger partial charge >= 0.3 is 0 Å². The van der Waals surface area contributed by atoms with Crippen LogP contribution in [0.15, 0.2) is 29.3 Å². The third kappa shape index (κ3) is 5.23. The zero-order valence-corrected chi connectivity index (χ0v) is 22.0. The lowest BCUT2D eigenvalue weighted by molar-refractivity contribution is 0.247. The van der Waals surface area contributed by atoms with Crippen LogP contribution in [0.25, 0.3) is 10.2 Å². The van der Waals surface area contributed by atoms with E-state index in [2.05, 4.69) is 58.8 Å². The number of anilines is 1. The molecular formula is C24H33Cl2N5OS. The third-order valence-electron chi connectivity index (χ3n) is 6.90. The van der Waals surface area contributed by atoms with Crippen LogP contribution >= 0.6 is 36.2 Å². The maximum atomic E-state index is 13.2. The van der Waals surface area contributed by atoms with Gasteiger partial charge in [-0.1, -0.05) is 6.07 Å². The van der Waals surface area contributed by atoms with Crippen LogP contribution in [0.2, 0.25) is 0 Å². The number of aromatic nitrogens is 2. The summed E-state index contributed by atoms with van der Waals surface area (Å²) in [4.78, 5) is 27.3. The molecule has 33 heavy (non-hydrogen) atoms. The molecule has 9 heteroatoms. The second-order valence-electron chi connectivity index (χ2n) is 9.01. The van der Waals surface area contributed by atoms with E-state index in [0.717, 1.165) is 62.5 Å². The van der Waals surface area contributed by atoms with Crippen LogP contribution in [-0.4, -0.2) is 65.7 Å². The van der Waals surface area contributed by atoms with Crippen molar-refractivity contribution in [2.45, 2.75) is 33.4 Å². The van der Waals surface area contributed by atoms with E-state index in [0.29, 0.717) is 6.54 Å². The highest BCUT2D eigenvalue weighted by molar-refractivity contribution is 7.18. The number of hydrogen-bond acceptors (Lipinski definition) is 6. The van der Waals surface area contributed by atoms with Gasteiger partial charge in [0.15, 0.2) is 0 Å². The molecule has 0 amide bonds. The van der Waals surface area contributed by atoms with E-state index in [1.165, 1.54) is 27.3 Å². The number of rotatable bonds is 4. The minimum Gasteiger partial charge on any atom is -0.369 e. The third-order valence-corrected chi connectivity index (χ3v) is 8.03. The molecule has 4 heterocycles. The lowest BCUT2D eigenvalue weighted by Gasteiger charge is -2.36. The molecule has 5 rings (SSSR count). The lowest BCUT2D eigenvalue weighted by Crippen LogP contribution is -2.47. The van der Waals surface area contributed by atoms with Gasteiger partial charge in [-0.2, -0.15) is 0 Å². The molecule has 180 valence electrons. The zero-order valence-electron chi connectivity index (χ0n) is 19.5. The van der Waals surface area contributed by atoms with E-state index in [9.17, 15) is 4.79 Å². The molecule has 3 aromatic rings. The Bertz CT molecular complexity index is 1170. The monoisotopic (exact) mass is 509 g/mol. The summed E-state index contributed by atoms with van der Waals surface area (Å²) in [5.41, 5.74) is 5.40. The molecule has 0 unspecified atom stereocenters. The van der Waals surface area contributed by atoms with Crippen LogP contribution in [0.5, 0.6) is 0 Å². The van der Waals surface area contributed by atoms with Gasteiger partial charge in [-0.3, -0.25) is 14.3 Å². The molecule has 1 fully saturated rings. The molecular weight excluding hydrogens is 477 g/mol. The number of benzene rings is 1. The van der Waals surface area contributed by atoms with Gasteiger partial charge in [-0.25, -0.2) is 4.98 Å². The Morgan fingerprint density at radius 1 is 1.00 bits per heavy atom. The molecule has 0 N–H and O–H groups in total. The Labute approximate surface area is 212 Å². The van der Waals surface area contributed by atoms with Gasteiger partial charge in [0.05, 0.1) is 11.7 Å². The highest BCUT2D eigenvalue weighted by Crippen LogP contribution is 2.31. The first-order valence-electron chi connectivity index (χ1n) is 11.2. The summed E-state index contributed by atoms with van der Waals surface area (Å²) in [6.45, 7) is 12.0. The smallest absolute Gasteiger partial charge is 0.262 e. The standard InChI is InChI=1S/C24H31N5OS.2ClH/c1-17-4-5-19(14-18(17)2)28-11-8-27(9-12-28)10-13-29-16-25-23-22(24(29)30)20-6-7-26(3)15-21(20)31-23;;/h4-5,14,16H,6-13,15H2,1-3H3;2*1H. The van der Waals surface area contributed by atoms with Gasteiger partial charge in [0.2, 0.25) is 0 Å².